The van der Waals surface area contributed by atoms with E-state index in [2.05, 4.69) is 16.9 Å². The number of rotatable bonds is 6. The van der Waals surface area contributed by atoms with Crippen LogP contribution in [0.5, 0.6) is 5.75 Å². The lowest BCUT2D eigenvalue weighted by Crippen LogP contribution is -2.20. The van der Waals surface area contributed by atoms with Crippen molar-refractivity contribution in [3.8, 4) is 5.75 Å². The van der Waals surface area contributed by atoms with Gasteiger partial charge in [-0.25, -0.2) is 4.79 Å². The third-order valence-electron chi connectivity index (χ3n) is 4.92. The highest BCUT2D eigenvalue weighted by Gasteiger charge is 2.16. The average Bonchev–Trinajstić information content (AvgIpc) is 3.17. The zero-order valence-electron chi connectivity index (χ0n) is 16.9. The first kappa shape index (κ1) is 19.5. The van der Waals surface area contributed by atoms with Gasteiger partial charge in [0, 0.05) is 34.2 Å². The van der Waals surface area contributed by atoms with Gasteiger partial charge in [-0.2, -0.15) is 0 Å². The summed E-state index contributed by atoms with van der Waals surface area (Å²) in [5.41, 5.74) is 3.54. The molecule has 0 aliphatic carbocycles. The van der Waals surface area contributed by atoms with Crippen molar-refractivity contribution < 1.29 is 13.9 Å². The smallest absolute Gasteiger partial charge is 0.340 e. The van der Waals surface area contributed by atoms with E-state index in [4.69, 9.17) is 9.15 Å². The molecule has 6 nitrogen and oxygen atoms in total. The van der Waals surface area contributed by atoms with E-state index < -0.39 is 5.63 Å². The number of ether oxygens (including phenoxy) is 1. The number of carbonyl (C=O) groups is 1. The first-order chi connectivity index (χ1) is 14.4. The Kier molecular flexibility index (Phi) is 5.14. The third kappa shape index (κ3) is 3.98. The average molecular weight is 402 g/mol. The number of H-pyrrole nitrogens is 1. The number of nitrogens with one attached hydrogen (secondary N) is 2. The fraction of sp³-hybridized carbons (Fsp3) is 0.167. The fourth-order valence-corrected chi connectivity index (χ4v) is 3.37. The van der Waals surface area contributed by atoms with Crippen molar-refractivity contribution in [2.75, 3.05) is 11.9 Å². The fourth-order valence-electron chi connectivity index (χ4n) is 3.37. The maximum Gasteiger partial charge on any atom is 0.340 e. The second kappa shape index (κ2) is 7.91. The van der Waals surface area contributed by atoms with E-state index in [0.717, 1.165) is 27.4 Å². The summed E-state index contributed by atoms with van der Waals surface area (Å²) in [5, 5.41) is 4.62. The molecule has 0 saturated carbocycles. The highest BCUT2D eigenvalue weighted by molar-refractivity contribution is 5.95. The highest BCUT2D eigenvalue weighted by atomic mass is 16.5. The Morgan fingerprint density at radius 3 is 2.83 bits per heavy atom. The van der Waals surface area contributed by atoms with Gasteiger partial charge in [0.2, 0.25) is 5.91 Å². The number of amides is 1. The zero-order valence-corrected chi connectivity index (χ0v) is 16.9. The van der Waals surface area contributed by atoms with Crippen molar-refractivity contribution in [2.24, 2.45) is 0 Å². The number of benzene rings is 2. The molecule has 0 fully saturated rings. The Hall–Kier alpha value is -3.80. The van der Waals surface area contributed by atoms with Crippen LogP contribution in [0.1, 0.15) is 18.1 Å². The number of carbonyl (C=O) groups excluding carboxylic acids is 1. The van der Waals surface area contributed by atoms with E-state index in [0.29, 0.717) is 29.2 Å². The monoisotopic (exact) mass is 402 g/mol. The van der Waals surface area contributed by atoms with Crippen LogP contribution in [0.3, 0.4) is 0 Å². The van der Waals surface area contributed by atoms with E-state index in [1.54, 1.807) is 6.07 Å². The first-order valence-corrected chi connectivity index (χ1v) is 9.61. The van der Waals surface area contributed by atoms with Crippen molar-refractivity contribution in [1.82, 2.24) is 4.98 Å². The number of anilines is 1. The molecule has 0 atom stereocenters. The minimum absolute atomic E-state index is 0.0663. The number of aromatic amines is 1. The van der Waals surface area contributed by atoms with E-state index in [1.165, 1.54) is 0 Å². The molecule has 0 radical (unpaired) electrons. The Morgan fingerprint density at radius 1 is 1.20 bits per heavy atom. The molecule has 0 saturated heterocycles. The molecule has 4 rings (SSSR count). The van der Waals surface area contributed by atoms with Crippen LogP contribution in [0.25, 0.3) is 21.9 Å². The minimum Gasteiger partial charge on any atom is -0.489 e. The zero-order chi connectivity index (χ0) is 21.3. The molecule has 4 aromatic rings. The Morgan fingerprint density at radius 2 is 2.03 bits per heavy atom. The number of hydrogen-bond donors (Lipinski definition) is 2. The van der Waals surface area contributed by atoms with Gasteiger partial charge in [-0.05, 0) is 61.4 Å². The molecular formula is C24H22N2O4. The number of aryl methyl sites for hydroxylation is 1. The van der Waals surface area contributed by atoms with Crippen LogP contribution in [0.4, 0.5) is 5.69 Å². The lowest BCUT2D eigenvalue weighted by Gasteiger charge is -2.10. The van der Waals surface area contributed by atoms with Gasteiger partial charge in [0.15, 0.2) is 0 Å². The molecule has 2 heterocycles. The lowest BCUT2D eigenvalue weighted by molar-refractivity contribution is -0.115. The summed E-state index contributed by atoms with van der Waals surface area (Å²) in [6, 6.07) is 12.9. The van der Waals surface area contributed by atoms with E-state index >= 15 is 0 Å². The molecule has 30 heavy (non-hydrogen) atoms. The quantitative estimate of drug-likeness (QED) is 0.361. The van der Waals surface area contributed by atoms with Crippen molar-refractivity contribution in [3.63, 3.8) is 0 Å². The molecule has 0 spiro atoms. The SMILES string of the molecule is C=C(C)COc1ccc2c(C)c(CC(=O)Nc3ccc4[nH]ccc4c3)c(=O)oc2c1. The molecule has 1 amide bonds. The summed E-state index contributed by atoms with van der Waals surface area (Å²) in [6.45, 7) is 7.89. The van der Waals surface area contributed by atoms with Gasteiger partial charge in [0.25, 0.3) is 0 Å². The largest absolute Gasteiger partial charge is 0.489 e. The molecule has 0 bridgehead atoms. The summed E-state index contributed by atoms with van der Waals surface area (Å²) >= 11 is 0. The van der Waals surface area contributed by atoms with Gasteiger partial charge < -0.3 is 19.5 Å². The lowest BCUT2D eigenvalue weighted by atomic mass is 10.0. The van der Waals surface area contributed by atoms with E-state index in [-0.39, 0.29) is 12.3 Å². The molecule has 0 aliphatic rings. The molecule has 152 valence electrons. The van der Waals surface area contributed by atoms with Crippen LogP contribution in [0.15, 0.2) is 70.0 Å². The van der Waals surface area contributed by atoms with Gasteiger partial charge in [-0.15, -0.1) is 0 Å². The van der Waals surface area contributed by atoms with Crippen LogP contribution in [-0.4, -0.2) is 17.5 Å². The topological polar surface area (TPSA) is 84.3 Å². The van der Waals surface area contributed by atoms with Crippen LogP contribution in [0.2, 0.25) is 0 Å². The summed E-state index contributed by atoms with van der Waals surface area (Å²) in [4.78, 5) is 28.2. The third-order valence-corrected chi connectivity index (χ3v) is 4.92. The van der Waals surface area contributed by atoms with Crippen molar-refractivity contribution in [1.29, 1.82) is 0 Å². The van der Waals surface area contributed by atoms with Crippen molar-refractivity contribution in [2.45, 2.75) is 20.3 Å². The Labute approximate surface area is 173 Å². The van der Waals surface area contributed by atoms with Crippen molar-refractivity contribution >= 4 is 33.5 Å². The second-order valence-corrected chi connectivity index (χ2v) is 7.40. The van der Waals surface area contributed by atoms with Crippen molar-refractivity contribution in [3.05, 3.63) is 82.4 Å². The van der Waals surface area contributed by atoms with Gasteiger partial charge in [0.1, 0.15) is 17.9 Å². The van der Waals surface area contributed by atoms with Crippen LogP contribution in [0, 0.1) is 6.92 Å². The highest BCUT2D eigenvalue weighted by Crippen LogP contribution is 2.25. The molecule has 2 N–H and O–H groups in total. The van der Waals surface area contributed by atoms with Gasteiger partial charge in [0.05, 0.1) is 12.0 Å². The molecule has 0 unspecified atom stereocenters. The van der Waals surface area contributed by atoms with E-state index in [1.807, 2.05) is 56.4 Å². The normalized spacial score (nSPS) is 11.0. The van der Waals surface area contributed by atoms with Crippen LogP contribution < -0.4 is 15.7 Å². The standard InChI is InChI=1S/C24H22N2O4/c1-14(2)13-29-18-5-6-19-15(3)20(24(28)30-22(19)11-18)12-23(27)26-17-4-7-21-16(10-17)8-9-25-21/h4-11,25H,1,12-13H2,2-3H3,(H,26,27). The number of hydrogen-bond acceptors (Lipinski definition) is 4. The second-order valence-electron chi connectivity index (χ2n) is 7.40. The summed E-state index contributed by atoms with van der Waals surface area (Å²) in [5.74, 6) is 0.319. The van der Waals surface area contributed by atoms with Gasteiger partial charge in [-0.1, -0.05) is 6.58 Å². The molecule has 2 aromatic carbocycles. The van der Waals surface area contributed by atoms with Gasteiger partial charge in [-0.3, -0.25) is 4.79 Å². The minimum atomic E-state index is -0.520. The Balaban J connectivity index is 1.56. The summed E-state index contributed by atoms with van der Waals surface area (Å²) in [7, 11) is 0. The number of fused-ring (bicyclic) bond motifs is 2. The molecule has 0 aliphatic heterocycles. The molecule has 2 aromatic heterocycles. The Bertz CT molecular complexity index is 1330. The summed E-state index contributed by atoms with van der Waals surface area (Å²) < 4.78 is 11.1. The molecule has 6 heteroatoms. The first-order valence-electron chi connectivity index (χ1n) is 9.61. The maximum atomic E-state index is 12.6. The maximum absolute atomic E-state index is 12.6. The van der Waals surface area contributed by atoms with Crippen LogP contribution in [-0.2, 0) is 11.2 Å². The molecular weight excluding hydrogens is 380 g/mol. The van der Waals surface area contributed by atoms with Crippen LogP contribution >= 0.6 is 0 Å². The van der Waals surface area contributed by atoms with Gasteiger partial charge >= 0.3 is 5.63 Å². The summed E-state index contributed by atoms with van der Waals surface area (Å²) in [6.07, 6.45) is 1.78. The predicted octanol–water partition coefficient (Wildman–Crippen LogP) is 4.72. The predicted molar refractivity (Wildman–Crippen MR) is 118 cm³/mol. The number of aromatic nitrogens is 1. The van der Waals surface area contributed by atoms with E-state index in [9.17, 15) is 9.59 Å².